The summed E-state index contributed by atoms with van der Waals surface area (Å²) in [6, 6.07) is 8.35. The topological polar surface area (TPSA) is 44.7 Å². The molecule has 4 heteroatoms. The highest BCUT2D eigenvalue weighted by Gasteiger charge is 2.24. The summed E-state index contributed by atoms with van der Waals surface area (Å²) < 4.78 is 0. The molecular formula is C12H17N3O. The van der Waals surface area contributed by atoms with E-state index in [1.54, 1.807) is 6.07 Å². The Kier molecular flexibility index (Phi) is 3.19. The van der Waals surface area contributed by atoms with Crippen molar-refractivity contribution in [2.75, 3.05) is 18.0 Å². The first kappa shape index (κ1) is 11.1. The second kappa shape index (κ2) is 4.61. The molecule has 1 aliphatic rings. The van der Waals surface area contributed by atoms with E-state index in [1.807, 2.05) is 18.2 Å². The van der Waals surface area contributed by atoms with Gasteiger partial charge in [-0.3, -0.25) is 0 Å². The highest BCUT2D eigenvalue weighted by molar-refractivity contribution is 5.67. The van der Waals surface area contributed by atoms with E-state index in [-0.39, 0.29) is 0 Å². The van der Waals surface area contributed by atoms with Gasteiger partial charge in [-0.05, 0) is 31.2 Å². The lowest BCUT2D eigenvalue weighted by atomic mass is 10.1. The third-order valence-electron chi connectivity index (χ3n) is 3.05. The Balaban J connectivity index is 2.30. The molecule has 16 heavy (non-hydrogen) atoms. The molecule has 0 amide bonds. The van der Waals surface area contributed by atoms with Crippen molar-refractivity contribution in [3.8, 4) is 0 Å². The number of nitrogens with one attached hydrogen (secondary N) is 1. The van der Waals surface area contributed by atoms with Crippen LogP contribution in [0.1, 0.15) is 13.8 Å². The number of benzene rings is 1. The number of piperazine rings is 1. The van der Waals surface area contributed by atoms with Crippen LogP contribution in [0.15, 0.2) is 29.4 Å². The Labute approximate surface area is 95.6 Å². The van der Waals surface area contributed by atoms with Crippen molar-refractivity contribution in [2.45, 2.75) is 25.9 Å². The minimum atomic E-state index is 0.388. The second-order valence-electron chi connectivity index (χ2n) is 4.39. The Morgan fingerprint density at radius 3 is 2.88 bits per heavy atom. The van der Waals surface area contributed by atoms with Crippen molar-refractivity contribution >= 4 is 11.4 Å². The molecule has 0 saturated carbocycles. The van der Waals surface area contributed by atoms with Gasteiger partial charge in [0.25, 0.3) is 0 Å². The summed E-state index contributed by atoms with van der Waals surface area (Å²) in [5, 5.41) is 6.51. The Hall–Kier alpha value is -1.42. The summed E-state index contributed by atoms with van der Waals surface area (Å²) >= 11 is 0. The van der Waals surface area contributed by atoms with E-state index in [0.29, 0.717) is 17.8 Å². The highest BCUT2D eigenvalue weighted by atomic mass is 16.3. The predicted octanol–water partition coefficient (Wildman–Crippen LogP) is 2.27. The van der Waals surface area contributed by atoms with Crippen LogP contribution in [0.4, 0.5) is 11.4 Å². The molecule has 86 valence electrons. The van der Waals surface area contributed by atoms with Crippen LogP contribution in [0.2, 0.25) is 0 Å². The number of hydrogen-bond donors (Lipinski definition) is 1. The van der Waals surface area contributed by atoms with Crippen molar-refractivity contribution in [1.82, 2.24) is 5.32 Å². The van der Waals surface area contributed by atoms with Crippen LogP contribution in [-0.2, 0) is 0 Å². The lowest BCUT2D eigenvalue weighted by molar-refractivity contribution is 0.425. The zero-order valence-electron chi connectivity index (χ0n) is 9.68. The molecule has 1 aliphatic heterocycles. The van der Waals surface area contributed by atoms with Crippen LogP contribution >= 0.6 is 0 Å². The number of anilines is 1. The van der Waals surface area contributed by atoms with Gasteiger partial charge in [0, 0.05) is 25.2 Å². The molecule has 0 bridgehead atoms. The standard InChI is InChI=1S/C12H17N3O/c1-9-8-15(10(2)7-13-9)12-6-4-3-5-11(12)14-16/h3-6,9-10,13H,7-8H2,1-2H3/t9-,10+/m1/s1. The van der Waals surface area contributed by atoms with E-state index in [2.05, 4.69) is 29.2 Å². The van der Waals surface area contributed by atoms with Crippen molar-refractivity contribution in [3.05, 3.63) is 29.2 Å². The fourth-order valence-corrected chi connectivity index (χ4v) is 2.14. The lowest BCUT2D eigenvalue weighted by Gasteiger charge is -2.39. The van der Waals surface area contributed by atoms with Gasteiger partial charge in [-0.15, -0.1) is 4.91 Å². The quantitative estimate of drug-likeness (QED) is 0.776. The second-order valence-corrected chi connectivity index (χ2v) is 4.39. The minimum Gasteiger partial charge on any atom is -0.364 e. The number of hydrogen-bond acceptors (Lipinski definition) is 4. The smallest absolute Gasteiger partial charge is 0.131 e. The average molecular weight is 219 g/mol. The van der Waals surface area contributed by atoms with Crippen LogP contribution in [-0.4, -0.2) is 25.2 Å². The molecule has 1 aromatic carbocycles. The fraction of sp³-hybridized carbons (Fsp3) is 0.500. The zero-order valence-corrected chi connectivity index (χ0v) is 9.68. The van der Waals surface area contributed by atoms with Gasteiger partial charge in [-0.2, -0.15) is 0 Å². The summed E-state index contributed by atoms with van der Waals surface area (Å²) in [4.78, 5) is 13.0. The van der Waals surface area contributed by atoms with Crippen LogP contribution < -0.4 is 10.2 Å². The number of nitroso groups, excluding NO2 is 1. The number of nitrogens with zero attached hydrogens (tertiary/aromatic N) is 2. The van der Waals surface area contributed by atoms with Crippen molar-refractivity contribution in [1.29, 1.82) is 0 Å². The first-order chi connectivity index (χ1) is 7.72. The summed E-state index contributed by atoms with van der Waals surface area (Å²) in [7, 11) is 0. The third kappa shape index (κ3) is 2.07. The van der Waals surface area contributed by atoms with E-state index < -0.39 is 0 Å². The van der Waals surface area contributed by atoms with E-state index in [9.17, 15) is 4.91 Å². The van der Waals surface area contributed by atoms with Gasteiger partial charge >= 0.3 is 0 Å². The first-order valence-electron chi connectivity index (χ1n) is 5.64. The predicted molar refractivity (Wildman–Crippen MR) is 66.2 cm³/mol. The maximum atomic E-state index is 10.8. The van der Waals surface area contributed by atoms with Gasteiger partial charge in [0.15, 0.2) is 0 Å². The van der Waals surface area contributed by atoms with Crippen molar-refractivity contribution in [3.63, 3.8) is 0 Å². The maximum absolute atomic E-state index is 10.8. The Morgan fingerprint density at radius 1 is 1.38 bits per heavy atom. The molecule has 1 saturated heterocycles. The summed E-state index contributed by atoms with van der Waals surface area (Å²) in [5.74, 6) is 0. The molecule has 1 N–H and O–H groups in total. The molecule has 1 fully saturated rings. The van der Waals surface area contributed by atoms with E-state index in [4.69, 9.17) is 0 Å². The summed E-state index contributed by atoms with van der Waals surface area (Å²) in [6.45, 7) is 6.15. The Bertz CT molecular complexity index is 380. The molecule has 4 nitrogen and oxygen atoms in total. The molecule has 0 unspecified atom stereocenters. The molecule has 0 radical (unpaired) electrons. The number of para-hydroxylation sites is 1. The van der Waals surface area contributed by atoms with E-state index >= 15 is 0 Å². The fourth-order valence-electron chi connectivity index (χ4n) is 2.14. The van der Waals surface area contributed by atoms with Gasteiger partial charge in [0.2, 0.25) is 0 Å². The van der Waals surface area contributed by atoms with E-state index in [1.165, 1.54) is 0 Å². The van der Waals surface area contributed by atoms with Crippen LogP contribution in [0, 0.1) is 4.91 Å². The molecule has 0 spiro atoms. The molecule has 1 aromatic rings. The largest absolute Gasteiger partial charge is 0.364 e. The van der Waals surface area contributed by atoms with E-state index in [0.717, 1.165) is 18.8 Å². The van der Waals surface area contributed by atoms with Gasteiger partial charge in [-0.1, -0.05) is 12.1 Å². The minimum absolute atomic E-state index is 0.388. The Morgan fingerprint density at radius 2 is 2.12 bits per heavy atom. The normalized spacial score (nSPS) is 25.5. The van der Waals surface area contributed by atoms with Crippen LogP contribution in [0.25, 0.3) is 0 Å². The first-order valence-corrected chi connectivity index (χ1v) is 5.64. The monoisotopic (exact) mass is 219 g/mol. The molecule has 0 aliphatic carbocycles. The lowest BCUT2D eigenvalue weighted by Crippen LogP contribution is -2.54. The zero-order chi connectivity index (χ0) is 11.5. The highest BCUT2D eigenvalue weighted by Crippen LogP contribution is 2.30. The molecule has 2 rings (SSSR count). The van der Waals surface area contributed by atoms with Crippen molar-refractivity contribution in [2.24, 2.45) is 5.18 Å². The molecule has 2 atom stereocenters. The average Bonchev–Trinajstić information content (AvgIpc) is 2.32. The van der Waals surface area contributed by atoms with Gasteiger partial charge in [0.05, 0.1) is 5.69 Å². The van der Waals surface area contributed by atoms with Crippen molar-refractivity contribution < 1.29 is 0 Å². The molecule has 1 heterocycles. The third-order valence-corrected chi connectivity index (χ3v) is 3.05. The van der Waals surface area contributed by atoms with Crippen LogP contribution in [0.5, 0.6) is 0 Å². The van der Waals surface area contributed by atoms with Crippen LogP contribution in [0.3, 0.4) is 0 Å². The summed E-state index contributed by atoms with van der Waals surface area (Å²) in [6.07, 6.45) is 0. The number of rotatable bonds is 2. The van der Waals surface area contributed by atoms with Gasteiger partial charge < -0.3 is 10.2 Å². The maximum Gasteiger partial charge on any atom is 0.131 e. The summed E-state index contributed by atoms with van der Waals surface area (Å²) in [5.41, 5.74) is 1.47. The molecule has 0 aromatic heterocycles. The van der Waals surface area contributed by atoms with Gasteiger partial charge in [-0.25, -0.2) is 0 Å². The molecular weight excluding hydrogens is 202 g/mol. The SMILES string of the molecule is C[C@@H]1CN(c2ccccc2N=O)[C@@H](C)CN1. The van der Waals surface area contributed by atoms with Gasteiger partial charge in [0.1, 0.15) is 5.69 Å².